The van der Waals surface area contributed by atoms with Gasteiger partial charge in [0.15, 0.2) is 0 Å². The predicted molar refractivity (Wildman–Crippen MR) is 113 cm³/mol. The first-order valence-electron chi connectivity index (χ1n) is 10.1. The van der Waals surface area contributed by atoms with Gasteiger partial charge in [-0.1, -0.05) is 27.2 Å². The third-order valence-corrected chi connectivity index (χ3v) is 6.08. The number of aryl methyl sites for hydroxylation is 2. The fourth-order valence-corrected chi connectivity index (χ4v) is 4.27. The first-order valence-corrected chi connectivity index (χ1v) is 10.9. The fourth-order valence-electron chi connectivity index (χ4n) is 3.35. The van der Waals surface area contributed by atoms with Crippen LogP contribution in [0.5, 0.6) is 0 Å². The minimum atomic E-state index is -0.263. The second-order valence-corrected chi connectivity index (χ2v) is 8.18. The van der Waals surface area contributed by atoms with Gasteiger partial charge >= 0.3 is 0 Å². The number of thiophene rings is 1. The minimum absolute atomic E-state index is 0.0550. The lowest BCUT2D eigenvalue weighted by Gasteiger charge is -2.22. The Kier molecular flexibility index (Phi) is 6.83. The Morgan fingerprint density at radius 3 is 2.68 bits per heavy atom. The van der Waals surface area contributed by atoms with E-state index >= 15 is 0 Å². The molecule has 3 rings (SSSR count). The summed E-state index contributed by atoms with van der Waals surface area (Å²) in [6.45, 7) is 8.20. The number of amides is 1. The Labute approximate surface area is 170 Å². The summed E-state index contributed by atoms with van der Waals surface area (Å²) in [6.07, 6.45) is 3.82. The fraction of sp³-hybridized carbons (Fsp3) is 0.455. The van der Waals surface area contributed by atoms with Crippen LogP contribution in [-0.2, 0) is 19.5 Å². The number of fused-ring (bicyclic) bond motifs is 1. The molecule has 0 fully saturated rings. The molecule has 0 aliphatic rings. The molecule has 2 aromatic heterocycles. The molecule has 0 aliphatic heterocycles. The van der Waals surface area contributed by atoms with Crippen molar-refractivity contribution in [1.82, 2.24) is 14.5 Å². The van der Waals surface area contributed by atoms with E-state index in [0.29, 0.717) is 13.1 Å². The quantitative estimate of drug-likeness (QED) is 0.464. The van der Waals surface area contributed by atoms with Crippen LogP contribution in [0.4, 0.5) is 4.39 Å². The molecule has 0 saturated heterocycles. The van der Waals surface area contributed by atoms with Crippen LogP contribution in [0.25, 0.3) is 11.0 Å². The zero-order valence-corrected chi connectivity index (χ0v) is 17.7. The number of benzene rings is 1. The highest BCUT2D eigenvalue weighted by Gasteiger charge is 2.21. The Morgan fingerprint density at radius 2 is 2.00 bits per heavy atom. The molecular weight excluding hydrogens is 373 g/mol. The summed E-state index contributed by atoms with van der Waals surface area (Å²) in [4.78, 5) is 21.8. The average molecular weight is 402 g/mol. The number of rotatable bonds is 9. The maximum absolute atomic E-state index is 13.8. The van der Waals surface area contributed by atoms with Crippen LogP contribution in [0.3, 0.4) is 0 Å². The standard InChI is InChI=1S/C22H28FN3OS/c1-4-7-13-25(22(27)20-11-9-17(6-3)28-20)15-21-24-18-10-8-16(23)14-19(18)26(21)12-5-2/h8-11,14H,4-7,12-13,15H2,1-3H3. The maximum atomic E-state index is 13.8. The number of carbonyl (C=O) groups excluding carboxylic acids is 1. The zero-order valence-electron chi connectivity index (χ0n) is 16.9. The van der Waals surface area contributed by atoms with Gasteiger partial charge in [0.25, 0.3) is 5.91 Å². The van der Waals surface area contributed by atoms with Crippen molar-refractivity contribution in [1.29, 1.82) is 0 Å². The summed E-state index contributed by atoms with van der Waals surface area (Å²) >= 11 is 1.57. The lowest BCUT2D eigenvalue weighted by atomic mass is 10.3. The second kappa shape index (κ2) is 9.32. The van der Waals surface area contributed by atoms with Gasteiger partial charge in [-0.05, 0) is 49.6 Å². The van der Waals surface area contributed by atoms with Crippen LogP contribution in [0, 0.1) is 5.82 Å². The van der Waals surface area contributed by atoms with Crippen molar-refractivity contribution in [2.24, 2.45) is 0 Å². The highest BCUT2D eigenvalue weighted by molar-refractivity contribution is 7.14. The molecule has 0 spiro atoms. The molecule has 3 aromatic rings. The number of hydrogen-bond donors (Lipinski definition) is 0. The van der Waals surface area contributed by atoms with E-state index in [1.165, 1.54) is 17.0 Å². The van der Waals surface area contributed by atoms with Crippen molar-refractivity contribution >= 4 is 28.3 Å². The summed E-state index contributed by atoms with van der Waals surface area (Å²) in [7, 11) is 0. The molecule has 4 nitrogen and oxygen atoms in total. The topological polar surface area (TPSA) is 38.1 Å². The zero-order chi connectivity index (χ0) is 20.1. The van der Waals surface area contributed by atoms with Crippen molar-refractivity contribution < 1.29 is 9.18 Å². The van der Waals surface area contributed by atoms with Crippen molar-refractivity contribution in [3.8, 4) is 0 Å². The molecule has 0 saturated carbocycles. The predicted octanol–water partition coefficient (Wildman–Crippen LogP) is 5.65. The number of halogens is 1. The molecule has 6 heteroatoms. The Bertz CT molecular complexity index is 947. The maximum Gasteiger partial charge on any atom is 0.264 e. The molecule has 2 heterocycles. The van der Waals surface area contributed by atoms with Gasteiger partial charge in [-0.15, -0.1) is 11.3 Å². The molecule has 28 heavy (non-hydrogen) atoms. The van der Waals surface area contributed by atoms with Crippen LogP contribution < -0.4 is 0 Å². The van der Waals surface area contributed by atoms with E-state index in [4.69, 9.17) is 4.98 Å². The van der Waals surface area contributed by atoms with Gasteiger partial charge in [0.1, 0.15) is 11.6 Å². The van der Waals surface area contributed by atoms with Crippen molar-refractivity contribution in [3.63, 3.8) is 0 Å². The molecular formula is C22H28FN3OS. The van der Waals surface area contributed by atoms with Crippen LogP contribution in [0.2, 0.25) is 0 Å². The van der Waals surface area contributed by atoms with Crippen LogP contribution in [0.15, 0.2) is 30.3 Å². The first kappa shape index (κ1) is 20.5. The molecule has 0 unspecified atom stereocenters. The molecule has 150 valence electrons. The smallest absolute Gasteiger partial charge is 0.264 e. The SMILES string of the molecule is CCCCN(Cc1nc2ccc(F)cc2n1CCC)C(=O)c1ccc(CC)s1. The van der Waals surface area contributed by atoms with E-state index in [9.17, 15) is 9.18 Å². The molecule has 0 bridgehead atoms. The van der Waals surface area contributed by atoms with E-state index in [1.54, 1.807) is 17.4 Å². The molecule has 0 N–H and O–H groups in total. The van der Waals surface area contributed by atoms with Crippen LogP contribution in [-0.4, -0.2) is 26.9 Å². The van der Waals surface area contributed by atoms with Crippen molar-refractivity contribution in [3.05, 3.63) is 51.7 Å². The van der Waals surface area contributed by atoms with E-state index in [0.717, 1.165) is 54.0 Å². The van der Waals surface area contributed by atoms with Gasteiger partial charge in [-0.3, -0.25) is 4.79 Å². The molecule has 1 aromatic carbocycles. The average Bonchev–Trinajstić information content (AvgIpc) is 3.30. The van der Waals surface area contributed by atoms with E-state index in [-0.39, 0.29) is 11.7 Å². The van der Waals surface area contributed by atoms with Gasteiger partial charge in [-0.2, -0.15) is 0 Å². The molecule has 0 aliphatic carbocycles. The van der Waals surface area contributed by atoms with Crippen molar-refractivity contribution in [2.45, 2.75) is 59.5 Å². The first-order chi connectivity index (χ1) is 13.6. The van der Waals surface area contributed by atoms with E-state index in [2.05, 4.69) is 25.3 Å². The second-order valence-electron chi connectivity index (χ2n) is 7.01. The Morgan fingerprint density at radius 1 is 1.18 bits per heavy atom. The molecule has 0 atom stereocenters. The van der Waals surface area contributed by atoms with Crippen LogP contribution in [0.1, 0.15) is 60.4 Å². The van der Waals surface area contributed by atoms with E-state index < -0.39 is 0 Å². The number of hydrogen-bond acceptors (Lipinski definition) is 3. The number of aromatic nitrogens is 2. The molecule has 0 radical (unpaired) electrons. The number of nitrogens with zero attached hydrogens (tertiary/aromatic N) is 3. The summed E-state index contributed by atoms with van der Waals surface area (Å²) in [6, 6.07) is 8.64. The van der Waals surface area contributed by atoms with Gasteiger partial charge in [0.05, 0.1) is 22.5 Å². The Balaban J connectivity index is 1.93. The summed E-state index contributed by atoms with van der Waals surface area (Å²) < 4.78 is 15.8. The van der Waals surface area contributed by atoms with Gasteiger partial charge < -0.3 is 9.47 Å². The third-order valence-electron chi connectivity index (χ3n) is 4.86. The lowest BCUT2D eigenvalue weighted by molar-refractivity contribution is 0.0739. The highest BCUT2D eigenvalue weighted by atomic mass is 32.1. The number of unbranched alkanes of at least 4 members (excludes halogenated alkanes) is 1. The van der Waals surface area contributed by atoms with E-state index in [1.807, 2.05) is 17.0 Å². The third kappa shape index (κ3) is 4.43. The Hall–Kier alpha value is -2.21. The van der Waals surface area contributed by atoms with Crippen molar-refractivity contribution in [2.75, 3.05) is 6.54 Å². The van der Waals surface area contributed by atoms with Gasteiger partial charge in [0, 0.05) is 18.0 Å². The number of imidazole rings is 1. The molecule has 1 amide bonds. The summed E-state index contributed by atoms with van der Waals surface area (Å²) in [5.74, 6) is 0.611. The van der Waals surface area contributed by atoms with Crippen LogP contribution >= 0.6 is 11.3 Å². The lowest BCUT2D eigenvalue weighted by Crippen LogP contribution is -2.32. The highest BCUT2D eigenvalue weighted by Crippen LogP contribution is 2.23. The monoisotopic (exact) mass is 401 g/mol. The largest absolute Gasteiger partial charge is 0.330 e. The normalized spacial score (nSPS) is 11.3. The van der Waals surface area contributed by atoms with Gasteiger partial charge in [0.2, 0.25) is 0 Å². The summed E-state index contributed by atoms with van der Waals surface area (Å²) in [5, 5.41) is 0. The van der Waals surface area contributed by atoms with Gasteiger partial charge in [-0.25, -0.2) is 9.37 Å². The summed E-state index contributed by atoms with van der Waals surface area (Å²) in [5.41, 5.74) is 1.57. The minimum Gasteiger partial charge on any atom is -0.330 e. The number of carbonyl (C=O) groups is 1.